The van der Waals surface area contributed by atoms with E-state index in [0.717, 1.165) is 45.8 Å². The molecule has 3 rings (SSSR count). The number of hydrogen-bond acceptors (Lipinski definition) is 5. The summed E-state index contributed by atoms with van der Waals surface area (Å²) in [6.07, 6.45) is 2.46. The van der Waals surface area contributed by atoms with Crippen LogP contribution in [-0.2, 0) is 9.84 Å². The standard InChI is InChI=1S/C19H31N3O2S/c1-20-10-12-22(13-11-20)17-18-6-5-9-21(16-18)14-15-25(23,24)19-7-3-2-4-8-19/h2-4,7-8,18H,5-6,9-17H2,1H3. The summed E-state index contributed by atoms with van der Waals surface area (Å²) in [5.74, 6) is 0.898. The van der Waals surface area contributed by atoms with Gasteiger partial charge in [-0.15, -0.1) is 0 Å². The van der Waals surface area contributed by atoms with E-state index in [1.165, 1.54) is 12.8 Å². The zero-order valence-corrected chi connectivity index (χ0v) is 16.1. The minimum atomic E-state index is -3.17. The Balaban J connectivity index is 1.47. The third-order valence-corrected chi connectivity index (χ3v) is 7.20. The minimum Gasteiger partial charge on any atom is -0.304 e. The Morgan fingerprint density at radius 3 is 2.44 bits per heavy atom. The number of sulfone groups is 1. The first-order valence-corrected chi connectivity index (χ1v) is 11.1. The van der Waals surface area contributed by atoms with Crippen molar-refractivity contribution < 1.29 is 8.42 Å². The molecule has 6 heteroatoms. The second-order valence-corrected chi connectivity index (χ2v) is 9.65. The summed E-state index contributed by atoms with van der Waals surface area (Å²) in [6.45, 7) is 8.52. The van der Waals surface area contributed by atoms with Crippen LogP contribution in [-0.4, -0.2) is 88.3 Å². The maximum atomic E-state index is 12.5. The lowest BCUT2D eigenvalue weighted by molar-refractivity contribution is 0.102. The molecule has 2 aliphatic rings. The maximum Gasteiger partial charge on any atom is 0.179 e. The lowest BCUT2D eigenvalue weighted by Crippen LogP contribution is -2.48. The summed E-state index contributed by atoms with van der Waals surface area (Å²) in [5, 5.41) is 0. The molecule has 0 saturated carbocycles. The molecule has 0 aromatic heterocycles. The molecule has 0 bridgehead atoms. The summed E-state index contributed by atoms with van der Waals surface area (Å²) in [5.41, 5.74) is 0. The van der Waals surface area contributed by atoms with Crippen molar-refractivity contribution in [2.24, 2.45) is 5.92 Å². The van der Waals surface area contributed by atoms with Crippen LogP contribution >= 0.6 is 0 Å². The van der Waals surface area contributed by atoms with Crippen LogP contribution in [0.3, 0.4) is 0 Å². The highest BCUT2D eigenvalue weighted by Crippen LogP contribution is 2.19. The molecule has 0 amide bonds. The number of nitrogens with zero attached hydrogens (tertiary/aromatic N) is 3. The molecule has 2 heterocycles. The number of likely N-dealkylation sites (tertiary alicyclic amines) is 1. The predicted octanol–water partition coefficient (Wildman–Crippen LogP) is 1.42. The van der Waals surface area contributed by atoms with E-state index in [1.807, 2.05) is 6.07 Å². The first-order valence-electron chi connectivity index (χ1n) is 9.44. The number of rotatable bonds is 6. The Kier molecular flexibility index (Phi) is 6.49. The monoisotopic (exact) mass is 365 g/mol. The summed E-state index contributed by atoms with van der Waals surface area (Å²) in [6, 6.07) is 8.83. The quantitative estimate of drug-likeness (QED) is 0.763. The van der Waals surface area contributed by atoms with Crippen molar-refractivity contribution in [3.05, 3.63) is 30.3 Å². The molecule has 0 radical (unpaired) electrons. The van der Waals surface area contributed by atoms with Gasteiger partial charge in [0.2, 0.25) is 0 Å². The minimum absolute atomic E-state index is 0.220. The molecule has 0 N–H and O–H groups in total. The van der Waals surface area contributed by atoms with Gasteiger partial charge < -0.3 is 14.7 Å². The Hall–Kier alpha value is -0.950. The van der Waals surface area contributed by atoms with Gasteiger partial charge in [0.25, 0.3) is 0 Å². The molecular formula is C19H31N3O2S. The second-order valence-electron chi connectivity index (χ2n) is 7.54. The average Bonchev–Trinajstić information content (AvgIpc) is 2.63. The van der Waals surface area contributed by atoms with E-state index in [1.54, 1.807) is 24.3 Å². The number of likely N-dealkylation sites (N-methyl/N-ethyl adjacent to an activating group) is 1. The van der Waals surface area contributed by atoms with Crippen LogP contribution in [0.15, 0.2) is 35.2 Å². The lowest BCUT2D eigenvalue weighted by Gasteiger charge is -2.38. The smallest absolute Gasteiger partial charge is 0.179 e. The molecule has 1 atom stereocenters. The van der Waals surface area contributed by atoms with Crippen molar-refractivity contribution in [2.45, 2.75) is 17.7 Å². The molecule has 5 nitrogen and oxygen atoms in total. The molecule has 2 fully saturated rings. The van der Waals surface area contributed by atoms with Gasteiger partial charge in [-0.1, -0.05) is 18.2 Å². The first-order chi connectivity index (χ1) is 12.0. The van der Waals surface area contributed by atoms with Crippen LogP contribution in [0, 0.1) is 5.92 Å². The van der Waals surface area contributed by atoms with Crippen molar-refractivity contribution in [3.8, 4) is 0 Å². The van der Waals surface area contributed by atoms with Crippen molar-refractivity contribution in [3.63, 3.8) is 0 Å². The molecular weight excluding hydrogens is 334 g/mol. The Labute approximate surface area is 152 Å². The normalized spacial score (nSPS) is 24.4. The van der Waals surface area contributed by atoms with Crippen molar-refractivity contribution >= 4 is 9.84 Å². The summed E-state index contributed by atoms with van der Waals surface area (Å²) in [4.78, 5) is 7.76. The van der Waals surface area contributed by atoms with Gasteiger partial charge in [-0.05, 0) is 44.5 Å². The fourth-order valence-electron chi connectivity index (χ4n) is 3.89. The van der Waals surface area contributed by atoms with E-state index in [-0.39, 0.29) is 5.75 Å². The number of piperidine rings is 1. The van der Waals surface area contributed by atoms with E-state index >= 15 is 0 Å². The third-order valence-electron chi connectivity index (χ3n) is 5.49. The SMILES string of the molecule is CN1CCN(CC2CCCN(CCS(=O)(=O)c3ccccc3)C2)CC1. The largest absolute Gasteiger partial charge is 0.304 e. The van der Waals surface area contributed by atoms with Gasteiger partial charge >= 0.3 is 0 Å². The number of hydrogen-bond donors (Lipinski definition) is 0. The van der Waals surface area contributed by atoms with Crippen LogP contribution in [0.1, 0.15) is 12.8 Å². The van der Waals surface area contributed by atoms with Crippen molar-refractivity contribution in [2.75, 3.05) is 65.2 Å². The molecule has 1 aromatic rings. The van der Waals surface area contributed by atoms with Crippen LogP contribution in [0.4, 0.5) is 0 Å². The topological polar surface area (TPSA) is 43.9 Å². The molecule has 0 aliphatic carbocycles. The Bertz CT molecular complexity index is 627. The number of benzene rings is 1. The fraction of sp³-hybridized carbons (Fsp3) is 0.684. The van der Waals surface area contributed by atoms with Gasteiger partial charge in [-0.25, -0.2) is 8.42 Å². The first kappa shape index (κ1) is 18.8. The third kappa shape index (κ3) is 5.51. The zero-order valence-electron chi connectivity index (χ0n) is 15.3. The van der Waals surface area contributed by atoms with Crippen molar-refractivity contribution in [1.82, 2.24) is 14.7 Å². The average molecular weight is 366 g/mol. The van der Waals surface area contributed by atoms with Gasteiger partial charge in [-0.3, -0.25) is 0 Å². The highest BCUT2D eigenvalue weighted by Gasteiger charge is 2.25. The lowest BCUT2D eigenvalue weighted by atomic mass is 9.97. The van der Waals surface area contributed by atoms with E-state index in [4.69, 9.17) is 0 Å². The summed E-state index contributed by atoms with van der Waals surface area (Å²) >= 11 is 0. The summed E-state index contributed by atoms with van der Waals surface area (Å²) < 4.78 is 24.9. The van der Waals surface area contributed by atoms with E-state index in [0.29, 0.717) is 17.4 Å². The van der Waals surface area contributed by atoms with Gasteiger partial charge in [0.05, 0.1) is 10.6 Å². The maximum absolute atomic E-state index is 12.5. The van der Waals surface area contributed by atoms with Gasteiger partial charge in [0.15, 0.2) is 9.84 Å². The van der Waals surface area contributed by atoms with Crippen LogP contribution in [0.5, 0.6) is 0 Å². The molecule has 25 heavy (non-hydrogen) atoms. The van der Waals surface area contributed by atoms with E-state index in [9.17, 15) is 8.42 Å². The van der Waals surface area contributed by atoms with Gasteiger partial charge in [0, 0.05) is 45.8 Å². The molecule has 2 saturated heterocycles. The van der Waals surface area contributed by atoms with E-state index < -0.39 is 9.84 Å². The molecule has 1 unspecified atom stereocenters. The highest BCUT2D eigenvalue weighted by molar-refractivity contribution is 7.91. The zero-order chi connectivity index (χ0) is 17.7. The molecule has 0 spiro atoms. The fourth-order valence-corrected chi connectivity index (χ4v) is 5.20. The van der Waals surface area contributed by atoms with Crippen LogP contribution in [0.2, 0.25) is 0 Å². The van der Waals surface area contributed by atoms with Crippen molar-refractivity contribution in [1.29, 1.82) is 0 Å². The highest BCUT2D eigenvalue weighted by atomic mass is 32.2. The van der Waals surface area contributed by atoms with E-state index in [2.05, 4.69) is 21.7 Å². The van der Waals surface area contributed by atoms with Crippen LogP contribution < -0.4 is 0 Å². The van der Waals surface area contributed by atoms with Crippen LogP contribution in [0.25, 0.3) is 0 Å². The second kappa shape index (κ2) is 8.62. The van der Waals surface area contributed by atoms with Gasteiger partial charge in [0.1, 0.15) is 0 Å². The molecule has 2 aliphatic heterocycles. The molecule has 1 aromatic carbocycles. The predicted molar refractivity (Wildman–Crippen MR) is 102 cm³/mol. The number of piperazine rings is 1. The Morgan fingerprint density at radius 1 is 1.00 bits per heavy atom. The molecule has 140 valence electrons. The Morgan fingerprint density at radius 2 is 1.72 bits per heavy atom. The summed E-state index contributed by atoms with van der Waals surface area (Å²) in [7, 11) is -0.981. The van der Waals surface area contributed by atoms with Gasteiger partial charge in [-0.2, -0.15) is 0 Å².